The fraction of sp³-hybridized carbons (Fsp3) is 0.258. The molecule has 4 aliphatic rings. The highest BCUT2D eigenvalue weighted by molar-refractivity contribution is 6.99. The van der Waals surface area contributed by atoms with Crippen molar-refractivity contribution in [3.05, 3.63) is 150 Å². The Morgan fingerprint density at radius 2 is 0.775 bits per heavy atom. The molecule has 6 heterocycles. The summed E-state index contributed by atoms with van der Waals surface area (Å²) in [7, 11) is 0. The van der Waals surface area contributed by atoms with Crippen molar-refractivity contribution in [1.82, 2.24) is 0 Å². The minimum Gasteiger partial charge on any atom is -0.486 e. The van der Waals surface area contributed by atoms with E-state index in [1.165, 1.54) is 16.7 Å². The number of furan rings is 2. The van der Waals surface area contributed by atoms with E-state index in [0.717, 1.165) is 107 Å². The molecule has 0 saturated heterocycles. The van der Waals surface area contributed by atoms with Crippen molar-refractivity contribution in [3.63, 3.8) is 0 Å². The van der Waals surface area contributed by atoms with Crippen molar-refractivity contribution < 1.29 is 27.8 Å². The Morgan fingerprint density at radius 3 is 1.15 bits per heavy atom. The number of benzene rings is 7. The molecule has 0 spiro atoms. The van der Waals surface area contributed by atoms with Crippen LogP contribution in [0.15, 0.2) is 142 Å². The van der Waals surface area contributed by atoms with Crippen LogP contribution < -0.4 is 45.5 Å². The van der Waals surface area contributed by atoms with Crippen LogP contribution in [0, 0.1) is 0 Å². The van der Waals surface area contributed by atoms with Crippen LogP contribution in [0.2, 0.25) is 0 Å². The molecule has 0 aliphatic carbocycles. The van der Waals surface area contributed by atoms with Gasteiger partial charge in [-0.3, -0.25) is 0 Å². The standard InChI is InChI=1S/C62H57BN2O6/c1-60(2,3)38-20-22-49-43(28-38)56-58(70-49)63-55-47(64(56)45-34-53-51(66-24-26-68-53)32-41(45)36-16-12-10-13-17-36)30-40(62(7,8)9)31-48(55)65(57-44-29-39(61(4,5)6)21-23-50(44)71-59(57)63)46-35-54-52(67-25-27-69-54)33-42(46)37-18-14-11-15-19-37/h10-23,28-35H,24-27H2,1-9H3. The lowest BCUT2D eigenvalue weighted by atomic mass is 9.37. The van der Waals surface area contributed by atoms with Gasteiger partial charge in [0, 0.05) is 45.4 Å². The van der Waals surface area contributed by atoms with Crippen LogP contribution in [0.25, 0.3) is 44.2 Å². The van der Waals surface area contributed by atoms with Gasteiger partial charge in [0.15, 0.2) is 23.0 Å². The number of fused-ring (bicyclic) bond motifs is 10. The van der Waals surface area contributed by atoms with Crippen LogP contribution in [0.3, 0.4) is 0 Å². The third-order valence-corrected chi connectivity index (χ3v) is 14.8. The summed E-state index contributed by atoms with van der Waals surface area (Å²) in [5.41, 5.74) is 17.5. The molecule has 9 aromatic rings. The van der Waals surface area contributed by atoms with Gasteiger partial charge in [-0.1, -0.05) is 135 Å². The Morgan fingerprint density at radius 1 is 0.394 bits per heavy atom. The molecule has 0 bridgehead atoms. The maximum atomic E-state index is 7.44. The average Bonchev–Trinajstić information content (AvgIpc) is 3.94. The molecule has 0 atom stereocenters. The predicted molar refractivity (Wildman–Crippen MR) is 289 cm³/mol. The Bertz CT molecular complexity index is 3400. The van der Waals surface area contributed by atoms with Gasteiger partial charge in [0.2, 0.25) is 0 Å². The van der Waals surface area contributed by atoms with Gasteiger partial charge >= 0.3 is 6.71 Å². The molecule has 0 fully saturated rings. The van der Waals surface area contributed by atoms with Gasteiger partial charge in [0.25, 0.3) is 0 Å². The van der Waals surface area contributed by atoms with Gasteiger partial charge in [0.05, 0.1) is 22.7 Å². The molecule has 2 aromatic heterocycles. The largest absolute Gasteiger partial charge is 0.486 e. The number of nitrogens with zero attached hydrogens (tertiary/aromatic N) is 2. The molecule has 8 nitrogen and oxygen atoms in total. The lowest BCUT2D eigenvalue weighted by molar-refractivity contribution is 0.172. The van der Waals surface area contributed by atoms with Crippen molar-refractivity contribution in [2.75, 3.05) is 36.2 Å². The summed E-state index contributed by atoms with van der Waals surface area (Å²) < 4.78 is 40.5. The van der Waals surface area contributed by atoms with E-state index in [1.54, 1.807) is 0 Å². The topological polar surface area (TPSA) is 69.7 Å². The highest BCUT2D eigenvalue weighted by atomic mass is 16.6. The van der Waals surface area contributed by atoms with Crippen molar-refractivity contribution in [2.24, 2.45) is 0 Å². The summed E-state index contributed by atoms with van der Waals surface area (Å²) in [5.74, 6) is 2.87. The Labute approximate surface area is 415 Å². The first-order valence-electron chi connectivity index (χ1n) is 25.0. The number of rotatable bonds is 4. The van der Waals surface area contributed by atoms with Gasteiger partial charge < -0.3 is 37.6 Å². The van der Waals surface area contributed by atoms with Crippen LogP contribution in [0.5, 0.6) is 23.0 Å². The van der Waals surface area contributed by atoms with Gasteiger partial charge in [-0.2, -0.15) is 0 Å². The maximum Gasteiger partial charge on any atom is 0.342 e. The first-order valence-corrected chi connectivity index (χ1v) is 25.0. The molecule has 71 heavy (non-hydrogen) atoms. The van der Waals surface area contributed by atoms with Crippen molar-refractivity contribution >= 4 is 79.6 Å². The summed E-state index contributed by atoms with van der Waals surface area (Å²) in [6.07, 6.45) is 0. The molecule has 354 valence electrons. The van der Waals surface area contributed by atoms with Gasteiger partial charge in [0.1, 0.15) is 48.9 Å². The average molecular weight is 937 g/mol. The minimum absolute atomic E-state index is 0.128. The van der Waals surface area contributed by atoms with E-state index < -0.39 is 6.71 Å². The highest BCUT2D eigenvalue weighted by Gasteiger charge is 2.51. The summed E-state index contributed by atoms with van der Waals surface area (Å²) in [5, 5.41) is 2.06. The second kappa shape index (κ2) is 15.5. The summed E-state index contributed by atoms with van der Waals surface area (Å²) in [6, 6.07) is 48.2. The monoisotopic (exact) mass is 936 g/mol. The van der Waals surface area contributed by atoms with Crippen molar-refractivity contribution in [3.8, 4) is 45.3 Å². The van der Waals surface area contributed by atoms with E-state index in [9.17, 15) is 0 Å². The summed E-state index contributed by atoms with van der Waals surface area (Å²) in [4.78, 5) is 4.93. The second-order valence-electron chi connectivity index (χ2n) is 22.6. The van der Waals surface area contributed by atoms with E-state index in [2.05, 4.69) is 206 Å². The quantitative estimate of drug-likeness (QED) is 0.162. The van der Waals surface area contributed by atoms with Crippen LogP contribution >= 0.6 is 0 Å². The van der Waals surface area contributed by atoms with Crippen LogP contribution in [0.4, 0.5) is 34.1 Å². The summed E-state index contributed by atoms with van der Waals surface area (Å²) >= 11 is 0. The second-order valence-corrected chi connectivity index (χ2v) is 22.6. The van der Waals surface area contributed by atoms with E-state index in [0.29, 0.717) is 37.9 Å². The van der Waals surface area contributed by atoms with Crippen LogP contribution in [-0.4, -0.2) is 33.1 Å². The zero-order valence-electron chi connectivity index (χ0n) is 42.0. The van der Waals surface area contributed by atoms with Gasteiger partial charge in [-0.25, -0.2) is 0 Å². The number of hydrogen-bond donors (Lipinski definition) is 0. The Hall–Kier alpha value is -7.52. The van der Waals surface area contributed by atoms with E-state index in [4.69, 9.17) is 27.8 Å². The highest BCUT2D eigenvalue weighted by Crippen LogP contribution is 2.55. The number of ether oxygens (including phenoxy) is 4. The molecule has 7 aromatic carbocycles. The Kier molecular flexibility index (Phi) is 9.49. The normalized spacial score (nSPS) is 15.0. The van der Waals surface area contributed by atoms with E-state index in [-0.39, 0.29) is 16.2 Å². The SMILES string of the molecule is CC(C)(C)c1cc2c3c(c1)N(c1cc4c(cc1-c1ccccc1)OCCO4)c1c(oc4ccc(C(C)(C)C)cc14)B3c1oc3ccc(C(C)(C)C)cc3c1N2c1cc2c(cc1-c1ccccc1)OCCO2. The minimum atomic E-state index is -0.433. The van der Waals surface area contributed by atoms with Gasteiger partial charge in [-0.05, 0) is 98.1 Å². The lowest BCUT2D eigenvalue weighted by Gasteiger charge is -2.43. The fourth-order valence-electron chi connectivity index (χ4n) is 11.1. The maximum absolute atomic E-state index is 7.44. The number of hydrogen-bond acceptors (Lipinski definition) is 8. The molecule has 0 unspecified atom stereocenters. The molecular weight excluding hydrogens is 880 g/mol. The molecule has 0 radical (unpaired) electrons. The third kappa shape index (κ3) is 6.86. The molecule has 0 saturated carbocycles. The van der Waals surface area contributed by atoms with Crippen molar-refractivity contribution in [1.29, 1.82) is 0 Å². The zero-order valence-corrected chi connectivity index (χ0v) is 42.0. The molecular formula is C62H57BN2O6. The van der Waals surface area contributed by atoms with Gasteiger partial charge in [-0.15, -0.1) is 0 Å². The first-order chi connectivity index (χ1) is 34.1. The van der Waals surface area contributed by atoms with Crippen LogP contribution in [0.1, 0.15) is 79.0 Å². The summed E-state index contributed by atoms with van der Waals surface area (Å²) in [6.45, 7) is 22.0. The lowest BCUT2D eigenvalue weighted by Crippen LogP contribution is -2.60. The third-order valence-electron chi connectivity index (χ3n) is 14.8. The molecule has 13 rings (SSSR count). The number of anilines is 6. The molecule has 9 heteroatoms. The Balaban J connectivity index is 1.21. The fourth-order valence-corrected chi connectivity index (χ4v) is 11.1. The van der Waals surface area contributed by atoms with E-state index >= 15 is 0 Å². The molecule has 4 aliphatic heterocycles. The van der Waals surface area contributed by atoms with E-state index in [1.807, 2.05) is 0 Å². The van der Waals surface area contributed by atoms with Crippen LogP contribution in [-0.2, 0) is 16.2 Å². The zero-order chi connectivity index (χ0) is 48.7. The van der Waals surface area contributed by atoms with Crippen molar-refractivity contribution in [2.45, 2.75) is 78.6 Å². The smallest absolute Gasteiger partial charge is 0.342 e. The molecule has 0 N–H and O–H groups in total. The molecule has 0 amide bonds. The predicted octanol–water partition coefficient (Wildman–Crippen LogP) is 14.0. The first kappa shape index (κ1) is 43.5.